The number of carbonyl (C=O) groups is 1. The number of benzene rings is 1. The molecule has 0 bridgehead atoms. The van der Waals surface area contributed by atoms with E-state index in [1.54, 1.807) is 0 Å². The van der Waals surface area contributed by atoms with Crippen molar-refractivity contribution in [2.45, 2.75) is 64.8 Å². The molecular formula is C18H29NO3. The van der Waals surface area contributed by atoms with E-state index in [9.17, 15) is 9.90 Å². The molecule has 0 aromatic heterocycles. The number of phenols is 1. The smallest absolute Gasteiger partial charge is 0.322 e. The molecule has 0 aliphatic carbocycles. The number of esters is 1. The van der Waals surface area contributed by atoms with Crippen LogP contribution in [0.1, 0.15) is 58.2 Å². The molecule has 0 aliphatic heterocycles. The molecule has 1 rings (SSSR count). The lowest BCUT2D eigenvalue weighted by molar-refractivity contribution is -0.142. The molecule has 0 heterocycles. The van der Waals surface area contributed by atoms with Gasteiger partial charge in [-0.15, -0.1) is 0 Å². The van der Waals surface area contributed by atoms with E-state index in [1.807, 2.05) is 12.1 Å². The number of nitrogens with two attached hydrogens (primary N) is 1. The number of carbonyl (C=O) groups excluding carboxylic acids is 1. The summed E-state index contributed by atoms with van der Waals surface area (Å²) in [6, 6.07) is 3.18. The van der Waals surface area contributed by atoms with Crippen molar-refractivity contribution in [2.75, 3.05) is 7.11 Å². The Bertz CT molecular complexity index is 515. The van der Waals surface area contributed by atoms with Crippen molar-refractivity contribution in [3.05, 3.63) is 28.8 Å². The number of aromatic hydroxyl groups is 1. The van der Waals surface area contributed by atoms with Gasteiger partial charge in [-0.25, -0.2) is 0 Å². The van der Waals surface area contributed by atoms with Crippen LogP contribution in [0.2, 0.25) is 0 Å². The molecule has 0 aliphatic rings. The largest absolute Gasteiger partial charge is 0.507 e. The van der Waals surface area contributed by atoms with Gasteiger partial charge in [0.1, 0.15) is 11.8 Å². The van der Waals surface area contributed by atoms with Crippen molar-refractivity contribution in [3.8, 4) is 5.75 Å². The first-order valence-electron chi connectivity index (χ1n) is 7.58. The summed E-state index contributed by atoms with van der Waals surface area (Å²) < 4.78 is 4.69. The molecule has 4 nitrogen and oxygen atoms in total. The average Bonchev–Trinajstić information content (AvgIpc) is 2.36. The fourth-order valence-electron chi connectivity index (χ4n) is 2.44. The van der Waals surface area contributed by atoms with Gasteiger partial charge in [0, 0.05) is 0 Å². The van der Waals surface area contributed by atoms with E-state index < -0.39 is 12.0 Å². The minimum atomic E-state index is -0.699. The zero-order valence-electron chi connectivity index (χ0n) is 14.8. The third-order valence-corrected chi connectivity index (χ3v) is 3.75. The molecule has 4 heteroatoms. The van der Waals surface area contributed by atoms with Gasteiger partial charge < -0.3 is 15.6 Å². The van der Waals surface area contributed by atoms with Crippen LogP contribution in [0.25, 0.3) is 0 Å². The van der Waals surface area contributed by atoms with Gasteiger partial charge in [0.15, 0.2) is 0 Å². The van der Waals surface area contributed by atoms with Crippen molar-refractivity contribution >= 4 is 5.97 Å². The molecule has 1 aromatic carbocycles. The first-order valence-corrected chi connectivity index (χ1v) is 7.58. The van der Waals surface area contributed by atoms with Crippen LogP contribution in [-0.2, 0) is 26.8 Å². The fourth-order valence-corrected chi connectivity index (χ4v) is 2.44. The van der Waals surface area contributed by atoms with Crippen molar-refractivity contribution < 1.29 is 14.6 Å². The Hall–Kier alpha value is -1.55. The van der Waals surface area contributed by atoms with Crippen LogP contribution < -0.4 is 5.73 Å². The summed E-state index contributed by atoms with van der Waals surface area (Å²) in [6.07, 6.45) is 0.388. The highest BCUT2D eigenvalue weighted by Gasteiger charge is 2.27. The van der Waals surface area contributed by atoms with E-state index in [4.69, 9.17) is 5.73 Å². The molecule has 124 valence electrons. The van der Waals surface area contributed by atoms with Crippen molar-refractivity contribution in [1.29, 1.82) is 0 Å². The van der Waals surface area contributed by atoms with Crippen LogP contribution in [0.15, 0.2) is 12.1 Å². The summed E-state index contributed by atoms with van der Waals surface area (Å²) in [5, 5.41) is 10.7. The van der Waals surface area contributed by atoms with E-state index in [0.717, 1.165) is 16.7 Å². The lowest BCUT2D eigenvalue weighted by atomic mass is 9.78. The Labute approximate surface area is 133 Å². The fraction of sp³-hybridized carbons (Fsp3) is 0.611. The summed E-state index contributed by atoms with van der Waals surface area (Å²) in [5.41, 5.74) is 8.15. The van der Waals surface area contributed by atoms with Gasteiger partial charge >= 0.3 is 5.97 Å². The lowest BCUT2D eigenvalue weighted by Gasteiger charge is -2.28. The number of hydrogen-bond acceptors (Lipinski definition) is 4. The zero-order chi connectivity index (χ0) is 17.3. The van der Waals surface area contributed by atoms with Gasteiger partial charge in [-0.3, -0.25) is 4.79 Å². The Kier molecular flexibility index (Phi) is 5.29. The van der Waals surface area contributed by atoms with Crippen LogP contribution in [-0.4, -0.2) is 24.2 Å². The third kappa shape index (κ3) is 4.23. The van der Waals surface area contributed by atoms with Crippen LogP contribution in [0.5, 0.6) is 5.75 Å². The van der Waals surface area contributed by atoms with E-state index in [-0.39, 0.29) is 10.8 Å². The predicted molar refractivity (Wildman–Crippen MR) is 89.2 cm³/mol. The molecule has 1 aromatic rings. The molecule has 0 fully saturated rings. The maximum atomic E-state index is 11.6. The highest BCUT2D eigenvalue weighted by Crippen LogP contribution is 2.39. The Morgan fingerprint density at radius 1 is 1.14 bits per heavy atom. The Morgan fingerprint density at radius 2 is 1.55 bits per heavy atom. The SMILES string of the molecule is COC(=O)[C@H](N)Cc1cc(C(C)(C)C)c(O)c(C(C)(C)C)c1. The van der Waals surface area contributed by atoms with Gasteiger partial charge in [0.25, 0.3) is 0 Å². The molecule has 0 spiro atoms. The maximum absolute atomic E-state index is 11.6. The quantitative estimate of drug-likeness (QED) is 0.842. The molecule has 0 unspecified atom stereocenters. The number of phenolic OH excluding ortho intramolecular Hbond substituents is 1. The first kappa shape index (κ1) is 18.5. The highest BCUT2D eigenvalue weighted by atomic mass is 16.5. The molecule has 0 saturated heterocycles. The summed E-state index contributed by atoms with van der Waals surface area (Å²) in [7, 11) is 1.33. The summed E-state index contributed by atoms with van der Waals surface area (Å²) in [6.45, 7) is 12.3. The van der Waals surface area contributed by atoms with Gasteiger partial charge in [0.2, 0.25) is 0 Å². The Morgan fingerprint density at radius 3 is 1.86 bits per heavy atom. The van der Waals surface area contributed by atoms with Crippen LogP contribution >= 0.6 is 0 Å². The van der Waals surface area contributed by atoms with Gasteiger partial charge in [0.05, 0.1) is 7.11 Å². The zero-order valence-corrected chi connectivity index (χ0v) is 14.8. The van der Waals surface area contributed by atoms with E-state index in [2.05, 4.69) is 46.3 Å². The van der Waals surface area contributed by atoms with Gasteiger partial charge in [-0.1, -0.05) is 53.7 Å². The second kappa shape index (κ2) is 6.29. The van der Waals surface area contributed by atoms with Crippen LogP contribution in [0.4, 0.5) is 0 Å². The maximum Gasteiger partial charge on any atom is 0.322 e. The second-order valence-electron chi connectivity index (χ2n) is 7.87. The number of rotatable bonds is 3. The molecular weight excluding hydrogens is 278 g/mol. The third-order valence-electron chi connectivity index (χ3n) is 3.75. The Balaban J connectivity index is 3.39. The summed E-state index contributed by atoms with van der Waals surface area (Å²) >= 11 is 0. The predicted octanol–water partition coefficient (Wildman–Crippen LogP) is 3.03. The summed E-state index contributed by atoms with van der Waals surface area (Å²) in [4.78, 5) is 11.6. The average molecular weight is 307 g/mol. The van der Waals surface area contributed by atoms with E-state index in [1.165, 1.54) is 7.11 Å². The summed E-state index contributed by atoms with van der Waals surface area (Å²) in [5.74, 6) is -0.0990. The molecule has 0 radical (unpaired) electrons. The normalized spacial score (nSPS) is 13.8. The van der Waals surface area contributed by atoms with E-state index in [0.29, 0.717) is 12.2 Å². The second-order valence-corrected chi connectivity index (χ2v) is 7.87. The molecule has 0 amide bonds. The number of ether oxygens (including phenoxy) is 1. The molecule has 1 atom stereocenters. The van der Waals surface area contributed by atoms with Gasteiger partial charge in [-0.05, 0) is 33.9 Å². The molecule has 22 heavy (non-hydrogen) atoms. The van der Waals surface area contributed by atoms with Crippen molar-refractivity contribution in [3.63, 3.8) is 0 Å². The molecule has 0 saturated carbocycles. The number of methoxy groups -OCH3 is 1. The monoisotopic (exact) mass is 307 g/mol. The minimum Gasteiger partial charge on any atom is -0.507 e. The van der Waals surface area contributed by atoms with Crippen LogP contribution in [0.3, 0.4) is 0 Å². The van der Waals surface area contributed by atoms with Crippen molar-refractivity contribution in [2.24, 2.45) is 5.73 Å². The standard InChI is InChI=1S/C18H29NO3/c1-17(2,3)12-8-11(10-14(19)16(21)22-7)9-13(15(12)20)18(4,5)6/h8-9,14,20H,10,19H2,1-7H3/t14-/m1/s1. The van der Waals surface area contributed by atoms with Crippen LogP contribution in [0, 0.1) is 0 Å². The van der Waals surface area contributed by atoms with Gasteiger partial charge in [-0.2, -0.15) is 0 Å². The number of hydrogen-bond donors (Lipinski definition) is 2. The minimum absolute atomic E-state index is 0.199. The lowest BCUT2D eigenvalue weighted by Crippen LogP contribution is -2.34. The molecule has 3 N–H and O–H groups in total. The highest BCUT2D eigenvalue weighted by molar-refractivity contribution is 5.75. The first-order chi connectivity index (χ1) is 9.87. The topological polar surface area (TPSA) is 72.5 Å². The van der Waals surface area contributed by atoms with Crippen molar-refractivity contribution in [1.82, 2.24) is 0 Å². The van der Waals surface area contributed by atoms with E-state index >= 15 is 0 Å².